The minimum absolute atomic E-state index is 0.166. The molecule has 0 aliphatic heterocycles. The third-order valence-electron chi connectivity index (χ3n) is 4.22. The summed E-state index contributed by atoms with van der Waals surface area (Å²) in [4.78, 5) is 0. The van der Waals surface area contributed by atoms with Gasteiger partial charge in [0.1, 0.15) is 0 Å². The lowest BCUT2D eigenvalue weighted by Crippen LogP contribution is -2.47. The first kappa shape index (κ1) is 16.1. The highest BCUT2D eigenvalue weighted by Gasteiger charge is 2.51. The molecule has 2 aliphatic carbocycles. The van der Waals surface area contributed by atoms with E-state index in [1.807, 2.05) is 0 Å². The number of terminal acetylenes is 1. The van der Waals surface area contributed by atoms with Crippen LogP contribution in [0.2, 0.25) is 0 Å². The summed E-state index contributed by atoms with van der Waals surface area (Å²) in [6.07, 6.45) is 5.14. The minimum Gasteiger partial charge on any atom is -0.851 e. The Balaban J connectivity index is 1.99. The van der Waals surface area contributed by atoms with Gasteiger partial charge in [0.2, 0.25) is 0 Å². The number of fused-ring (bicyclic) bond motifs is 2. The molecule has 0 aromatic heterocycles. The summed E-state index contributed by atoms with van der Waals surface area (Å²) in [6.45, 7) is -1.69. The first-order valence-corrected chi connectivity index (χ1v) is 7.70. The fraction of sp³-hybridized carbons (Fsp3) is 0.750. The number of alkyl halides is 2. The summed E-state index contributed by atoms with van der Waals surface area (Å²) in [5.41, 5.74) is 0. The predicted octanol–water partition coefficient (Wildman–Crippen LogP) is 0.0952. The standard InChI is InChI=1S/C12H14F2NO5S/c1-2-6-3-7-4-8(6)10(16)9(7)11(15)20-5-12(13,14)21(17,18)19/h1,6-10,15H,3-5H2,(H,17,18,19)/q-1. The van der Waals surface area contributed by atoms with E-state index in [2.05, 4.69) is 10.7 Å². The van der Waals surface area contributed by atoms with Crippen molar-refractivity contribution in [3.05, 3.63) is 0 Å². The van der Waals surface area contributed by atoms with Crippen molar-refractivity contribution in [1.82, 2.24) is 0 Å². The van der Waals surface area contributed by atoms with Crippen LogP contribution >= 0.6 is 0 Å². The van der Waals surface area contributed by atoms with E-state index < -0.39 is 39.9 Å². The summed E-state index contributed by atoms with van der Waals surface area (Å²) in [5.74, 6) is 0.296. The van der Waals surface area contributed by atoms with E-state index in [1.54, 1.807) is 0 Å². The molecule has 0 amide bonds. The van der Waals surface area contributed by atoms with Gasteiger partial charge in [0, 0.05) is 11.8 Å². The zero-order chi connectivity index (χ0) is 16.0. The van der Waals surface area contributed by atoms with E-state index >= 15 is 0 Å². The highest BCUT2D eigenvalue weighted by atomic mass is 32.2. The minimum atomic E-state index is -5.62. The van der Waals surface area contributed by atoms with Gasteiger partial charge in [0.25, 0.3) is 0 Å². The predicted molar refractivity (Wildman–Crippen MR) is 66.0 cm³/mol. The Bertz CT molecular complexity index is 583. The molecular formula is C12H14F2NO5S-. The zero-order valence-electron chi connectivity index (χ0n) is 10.8. The van der Waals surface area contributed by atoms with E-state index in [0.717, 1.165) is 0 Å². The third kappa shape index (κ3) is 2.75. The molecule has 5 atom stereocenters. The van der Waals surface area contributed by atoms with Crippen molar-refractivity contribution < 1.29 is 31.6 Å². The molecule has 2 bridgehead atoms. The van der Waals surface area contributed by atoms with Crippen LogP contribution in [0.25, 0.3) is 0 Å². The lowest BCUT2D eigenvalue weighted by Gasteiger charge is -2.38. The first-order chi connectivity index (χ1) is 9.58. The second-order valence-electron chi connectivity index (χ2n) is 5.42. The van der Waals surface area contributed by atoms with Crippen LogP contribution in [0.3, 0.4) is 0 Å². The van der Waals surface area contributed by atoms with Crippen LogP contribution < -0.4 is 5.11 Å². The van der Waals surface area contributed by atoms with Crippen LogP contribution in [0.1, 0.15) is 12.8 Å². The maximum absolute atomic E-state index is 13.0. The molecule has 0 radical (unpaired) electrons. The first-order valence-electron chi connectivity index (χ1n) is 6.26. The van der Waals surface area contributed by atoms with Gasteiger partial charge in [-0.3, -0.25) is 9.96 Å². The monoisotopic (exact) mass is 322 g/mol. The number of ether oxygens (including phenoxy) is 1. The Morgan fingerprint density at radius 3 is 2.62 bits per heavy atom. The number of rotatable bonds is 4. The van der Waals surface area contributed by atoms with Crippen molar-refractivity contribution in [1.29, 1.82) is 5.41 Å². The maximum Gasteiger partial charge on any atom is 0.402 e. The smallest absolute Gasteiger partial charge is 0.402 e. The summed E-state index contributed by atoms with van der Waals surface area (Å²) in [5, 5.41) is 15.2. The highest BCUT2D eigenvalue weighted by Crippen LogP contribution is 2.51. The average molecular weight is 322 g/mol. The molecule has 2 aliphatic rings. The molecule has 0 aromatic carbocycles. The van der Waals surface area contributed by atoms with Crippen molar-refractivity contribution in [2.24, 2.45) is 23.7 Å². The fourth-order valence-corrected chi connectivity index (χ4v) is 3.40. The molecule has 9 heteroatoms. The Morgan fingerprint density at radius 1 is 1.52 bits per heavy atom. The molecule has 6 nitrogen and oxygen atoms in total. The highest BCUT2D eigenvalue weighted by molar-refractivity contribution is 7.86. The van der Waals surface area contributed by atoms with Gasteiger partial charge in [-0.1, -0.05) is 0 Å². The van der Waals surface area contributed by atoms with E-state index in [9.17, 15) is 22.3 Å². The second kappa shape index (κ2) is 5.19. The van der Waals surface area contributed by atoms with E-state index in [1.165, 1.54) is 0 Å². The second-order valence-corrected chi connectivity index (χ2v) is 6.97. The Morgan fingerprint density at radius 2 is 2.14 bits per heavy atom. The van der Waals surface area contributed by atoms with Gasteiger partial charge in [0.05, 0.1) is 0 Å². The van der Waals surface area contributed by atoms with Gasteiger partial charge in [-0.15, -0.1) is 18.4 Å². The maximum atomic E-state index is 13.0. The van der Waals surface area contributed by atoms with Gasteiger partial charge in [0.15, 0.2) is 12.5 Å². The van der Waals surface area contributed by atoms with Crippen molar-refractivity contribution in [3.63, 3.8) is 0 Å². The molecule has 5 unspecified atom stereocenters. The molecule has 2 rings (SSSR count). The van der Waals surface area contributed by atoms with Crippen molar-refractivity contribution in [2.45, 2.75) is 24.2 Å². The Kier molecular flexibility index (Phi) is 3.99. The number of nitrogens with one attached hydrogen (secondary N) is 1. The fourth-order valence-electron chi connectivity index (χ4n) is 3.19. The average Bonchev–Trinajstić information content (AvgIpc) is 2.91. The van der Waals surface area contributed by atoms with Gasteiger partial charge in [-0.2, -0.15) is 17.2 Å². The molecule has 0 saturated heterocycles. The van der Waals surface area contributed by atoms with Gasteiger partial charge < -0.3 is 9.84 Å². The van der Waals surface area contributed by atoms with Crippen LogP contribution in [-0.4, -0.2) is 36.8 Å². The molecule has 0 aromatic rings. The summed E-state index contributed by atoms with van der Waals surface area (Å²) in [6, 6.07) is 0. The molecule has 0 heterocycles. The molecule has 2 saturated carbocycles. The van der Waals surface area contributed by atoms with Crippen LogP contribution in [0.5, 0.6) is 0 Å². The summed E-state index contributed by atoms with van der Waals surface area (Å²) >= 11 is 0. The van der Waals surface area contributed by atoms with Crippen LogP contribution in [-0.2, 0) is 14.9 Å². The molecule has 2 fully saturated rings. The largest absolute Gasteiger partial charge is 0.851 e. The van der Waals surface area contributed by atoms with Crippen molar-refractivity contribution in [2.75, 3.05) is 6.61 Å². The van der Waals surface area contributed by atoms with E-state index in [-0.39, 0.29) is 17.8 Å². The third-order valence-corrected chi connectivity index (χ3v) is 5.09. The van der Waals surface area contributed by atoms with Crippen molar-refractivity contribution >= 4 is 16.0 Å². The zero-order valence-corrected chi connectivity index (χ0v) is 11.6. The van der Waals surface area contributed by atoms with Gasteiger partial charge >= 0.3 is 15.4 Å². The lowest BCUT2D eigenvalue weighted by atomic mass is 9.80. The van der Waals surface area contributed by atoms with E-state index in [0.29, 0.717) is 12.8 Å². The molecule has 118 valence electrons. The quantitative estimate of drug-likeness (QED) is 0.330. The van der Waals surface area contributed by atoms with Gasteiger partial charge in [-0.25, -0.2) is 0 Å². The number of hydrogen-bond donors (Lipinski definition) is 2. The van der Waals surface area contributed by atoms with Crippen LogP contribution in [0.15, 0.2) is 0 Å². The molecule has 0 spiro atoms. The Hall–Kier alpha value is -1.24. The summed E-state index contributed by atoms with van der Waals surface area (Å²) < 4.78 is 59.7. The Labute approximate surface area is 120 Å². The van der Waals surface area contributed by atoms with E-state index in [4.69, 9.17) is 16.4 Å². The van der Waals surface area contributed by atoms with Crippen molar-refractivity contribution in [3.8, 4) is 12.3 Å². The van der Waals surface area contributed by atoms with Crippen LogP contribution in [0, 0.1) is 41.4 Å². The van der Waals surface area contributed by atoms with Gasteiger partial charge in [-0.05, 0) is 24.7 Å². The number of hydrogen-bond acceptors (Lipinski definition) is 5. The number of halogens is 2. The summed E-state index contributed by atoms with van der Waals surface area (Å²) in [7, 11) is -5.62. The normalized spacial score (nSPS) is 35.5. The molecule has 21 heavy (non-hydrogen) atoms. The SMILES string of the molecule is C#CC1CC2CC1C([O-])C2C(=N)OCC(F)(F)S(=O)(=O)O. The lowest BCUT2D eigenvalue weighted by molar-refractivity contribution is -0.440. The molecule has 2 N–H and O–H groups in total. The van der Waals surface area contributed by atoms with Crippen LogP contribution in [0.4, 0.5) is 8.78 Å². The topological polar surface area (TPSA) is 111 Å². The molecular weight excluding hydrogens is 308 g/mol.